The molecule has 8 amide bonds. The fourth-order valence-corrected chi connectivity index (χ4v) is 16.4. The molecule has 1 fully saturated rings. The minimum Gasteiger partial charge on any atom is -0.456 e. The molecule has 0 radical (unpaired) electrons. The lowest BCUT2D eigenvalue weighted by atomic mass is 9.90. The number of nitrogens with one attached hydrogen (secondary N) is 5. The van der Waals surface area contributed by atoms with Crippen LogP contribution in [0.3, 0.4) is 0 Å². The Morgan fingerprint density at radius 3 is 1.91 bits per heavy atom. The molecule has 0 aliphatic carbocycles. The van der Waals surface area contributed by atoms with Crippen molar-refractivity contribution in [1.29, 1.82) is 0 Å². The van der Waals surface area contributed by atoms with Gasteiger partial charge in [-0.1, -0.05) is 175 Å². The van der Waals surface area contributed by atoms with Gasteiger partial charge in [0, 0.05) is 96.0 Å². The molecule has 2 aliphatic heterocycles. The number of carbonyl (C=O) groups is 13. The third kappa shape index (κ3) is 33.3. The molecule has 116 heavy (non-hydrogen) atoms. The van der Waals surface area contributed by atoms with Crippen LogP contribution in [0.4, 0.5) is 4.79 Å². The number of imide groups is 1. The first-order valence-electron chi connectivity index (χ1n) is 42.2. The molecule has 26 nitrogen and oxygen atoms in total. The number of likely N-dealkylation sites (tertiary alicyclic amines) is 1. The highest BCUT2D eigenvalue weighted by atomic mass is 28.3. The van der Waals surface area contributed by atoms with Gasteiger partial charge in [-0.2, -0.15) is 0 Å². The maximum Gasteiger partial charge on any atom is 0.407 e. The molecule has 2 aromatic rings. The van der Waals surface area contributed by atoms with Crippen LogP contribution in [0.25, 0.3) is 0 Å². The van der Waals surface area contributed by atoms with Crippen molar-refractivity contribution < 1.29 is 86.0 Å². The Kier molecular flexibility index (Phi) is 43.6. The Hall–Kier alpha value is -8.27. The number of ether oxygens (including phenoxy) is 5. The topological polar surface area (TPSA) is 338 Å². The summed E-state index contributed by atoms with van der Waals surface area (Å²) in [6.07, 6.45) is 8.47. The molecule has 27 heteroatoms. The van der Waals surface area contributed by atoms with Gasteiger partial charge in [0.2, 0.25) is 41.2 Å². The number of Topliss-reactive ketones (excluding diaryl/α,β-unsaturated/α-hetero) is 3. The Labute approximate surface area is 691 Å². The third-order valence-electron chi connectivity index (χ3n) is 23.0. The summed E-state index contributed by atoms with van der Waals surface area (Å²) in [6, 6.07) is 11.7. The number of aryl methyl sites for hydroxylation is 1. The van der Waals surface area contributed by atoms with Crippen LogP contribution < -0.4 is 26.6 Å². The second kappa shape index (κ2) is 50.5. The number of benzene rings is 2. The lowest BCUT2D eigenvalue weighted by Crippen LogP contribution is -2.57. The summed E-state index contributed by atoms with van der Waals surface area (Å²) in [7, 11) is 0.796. The van der Waals surface area contributed by atoms with E-state index < -0.39 is 134 Å². The van der Waals surface area contributed by atoms with Gasteiger partial charge in [-0.05, 0) is 144 Å². The van der Waals surface area contributed by atoms with E-state index in [1.807, 2.05) is 65.0 Å². The van der Waals surface area contributed by atoms with Crippen molar-refractivity contribution in [2.75, 3.05) is 66.7 Å². The number of alkyl carbamates (subject to hydrolysis) is 1. The van der Waals surface area contributed by atoms with Crippen molar-refractivity contribution in [2.45, 2.75) is 298 Å². The summed E-state index contributed by atoms with van der Waals surface area (Å²) in [4.78, 5) is 182. The van der Waals surface area contributed by atoms with Gasteiger partial charge >= 0.3 is 18.0 Å². The lowest BCUT2D eigenvalue weighted by Gasteiger charge is -2.40. The number of cyclic esters (lactones) is 2. The zero-order valence-corrected chi connectivity index (χ0v) is 74.1. The number of hydrogen-bond acceptors (Lipinski definition) is 19. The first-order chi connectivity index (χ1) is 54.7. The van der Waals surface area contributed by atoms with E-state index in [1.54, 1.807) is 58.0 Å². The van der Waals surface area contributed by atoms with Crippen molar-refractivity contribution in [3.05, 3.63) is 94.6 Å². The number of allylic oxidation sites excluding steroid dienone is 1. The van der Waals surface area contributed by atoms with E-state index >= 15 is 0 Å². The van der Waals surface area contributed by atoms with Crippen molar-refractivity contribution in [1.82, 2.24) is 41.3 Å². The third-order valence-corrected chi connectivity index (χ3v) is 29.0. The molecule has 5 N–H and O–H groups in total. The molecule has 0 spiro atoms. The largest absolute Gasteiger partial charge is 0.456 e. The highest BCUT2D eigenvalue weighted by molar-refractivity contribution is 6.84. The Bertz CT molecular complexity index is 3610. The lowest BCUT2D eigenvalue weighted by molar-refractivity contribution is -0.155. The van der Waals surface area contributed by atoms with E-state index in [-0.39, 0.29) is 84.2 Å². The maximum atomic E-state index is 14.4. The van der Waals surface area contributed by atoms with Crippen molar-refractivity contribution >= 4 is 84.8 Å². The van der Waals surface area contributed by atoms with Gasteiger partial charge in [-0.3, -0.25) is 52.8 Å². The fraction of sp³-hybridized carbons (Fsp3) is 0.674. The second-order valence-corrected chi connectivity index (χ2v) is 39.7. The van der Waals surface area contributed by atoms with Gasteiger partial charge in [0.25, 0.3) is 5.91 Å². The summed E-state index contributed by atoms with van der Waals surface area (Å²) in [6.45, 7) is 34.1. The van der Waals surface area contributed by atoms with E-state index in [0.717, 1.165) is 48.1 Å². The quantitative estimate of drug-likeness (QED) is 0.00787. The zero-order chi connectivity index (χ0) is 86.6. The molecule has 2 aliphatic rings. The van der Waals surface area contributed by atoms with E-state index in [2.05, 4.69) is 60.4 Å². The summed E-state index contributed by atoms with van der Waals surface area (Å²) in [5, 5.41) is 14.3. The molecule has 0 saturated carbocycles. The number of amides is 8. The summed E-state index contributed by atoms with van der Waals surface area (Å²) in [5.41, 5.74) is 3.30. The normalized spacial score (nSPS) is 22.3. The maximum absolute atomic E-state index is 14.4. The minimum atomic E-state index is -2.04. The molecule has 2 aromatic carbocycles. The van der Waals surface area contributed by atoms with Gasteiger partial charge < -0.3 is 60.1 Å². The predicted molar refractivity (Wildman–Crippen MR) is 450 cm³/mol. The number of hydrogen-bond donors (Lipinski definition) is 5. The van der Waals surface area contributed by atoms with Crippen LogP contribution in [0, 0.1) is 23.7 Å². The monoisotopic (exact) mass is 1640 g/mol. The Morgan fingerprint density at radius 1 is 0.690 bits per heavy atom. The number of carbonyl (C=O) groups excluding carboxylic acids is 13. The van der Waals surface area contributed by atoms with Crippen molar-refractivity contribution in [3.63, 3.8) is 0 Å². The number of rotatable bonds is 40. The van der Waals surface area contributed by atoms with Crippen molar-refractivity contribution in [2.24, 2.45) is 23.7 Å². The van der Waals surface area contributed by atoms with Crippen LogP contribution >= 0.6 is 0 Å². The molecule has 4 rings (SSSR count). The molecule has 11 atom stereocenters. The second-order valence-electron chi connectivity index (χ2n) is 34.1. The van der Waals surface area contributed by atoms with Crippen LogP contribution in [-0.2, 0) is 100 Å². The van der Waals surface area contributed by atoms with E-state index in [4.69, 9.17) is 23.7 Å². The van der Waals surface area contributed by atoms with E-state index in [9.17, 15) is 62.3 Å². The minimum absolute atomic E-state index is 0.0125. The molecule has 1 unspecified atom stereocenters. The zero-order valence-electron chi connectivity index (χ0n) is 73.1. The average Bonchev–Trinajstić information content (AvgIpc) is 1.60. The highest BCUT2D eigenvalue weighted by Gasteiger charge is 2.52. The number of esters is 2. The summed E-state index contributed by atoms with van der Waals surface area (Å²) < 4.78 is 29.7. The first kappa shape index (κ1) is 100. The van der Waals surface area contributed by atoms with Gasteiger partial charge in [-0.25, -0.2) is 14.4 Å². The number of likely N-dealkylation sites (N-methyl/N-ethyl adjacent to an activating group) is 2. The summed E-state index contributed by atoms with van der Waals surface area (Å²) >= 11 is 0. The van der Waals surface area contributed by atoms with Crippen LogP contribution in [-0.4, -0.2) is 215 Å². The molecular formula is C89H140N8O18Si. The molecular weight excluding hydrogens is 1500 g/mol. The van der Waals surface area contributed by atoms with E-state index in [1.165, 1.54) is 50.7 Å². The average molecular weight is 1640 g/mol. The van der Waals surface area contributed by atoms with Crippen LogP contribution in [0.1, 0.15) is 223 Å². The molecule has 648 valence electrons. The molecule has 1 saturated heterocycles. The number of unbranched alkanes of at least 4 members (excludes halogenated alkanes) is 6. The Balaban J connectivity index is 1.21. The van der Waals surface area contributed by atoms with Crippen LogP contribution in [0.15, 0.2) is 77.9 Å². The van der Waals surface area contributed by atoms with Gasteiger partial charge in [0.05, 0.1) is 33.9 Å². The van der Waals surface area contributed by atoms with Gasteiger partial charge in [-0.15, -0.1) is 0 Å². The standard InChI is InChI=1S/C89H140N8O18Si/c1-20-60(7)78-82(104)93-65(12)87(109)115-80(61(8)21-2)63(10)72(45-38-62(9)86(108)113-73(54-58(3)4)81(103)92-64(11)83(105)96(17)70(55-68-34-26-24-27-35-68)84(106)95(16)57-75(100)94-78)114-88(110)91-47-30-22-23-32-50-111-52-53-112-51-33-29-36-69(98)44-43-66-39-41-67(42-40-66)46-48-90-77(59(5)6)79(102)71(99)37-28-25-31-49-97-76(101)56-74(85(97)107)116(18,19)89(13,14)15/h21,24,26-27,34-35,38-42,58-60,63-65,70,72-74,77-78,80,90H,20,22-23,25,28-33,36-37,43-57H2,1-19H3,(H,91,110)(H,92,103)(H,93,104)(H,94,100)/b61-21+,62-38+/t60-,63+,64+,65-,70-,72+,73-,74?,77+,78+,80-/m1/s1. The predicted octanol–water partition coefficient (Wildman–Crippen LogP) is 11.4. The fourth-order valence-electron chi connectivity index (χ4n) is 13.9. The van der Waals surface area contributed by atoms with Crippen molar-refractivity contribution in [3.8, 4) is 0 Å². The van der Waals surface area contributed by atoms with Gasteiger partial charge in [0.15, 0.2) is 11.9 Å². The van der Waals surface area contributed by atoms with E-state index in [0.29, 0.717) is 108 Å². The Morgan fingerprint density at radius 2 is 1.29 bits per heavy atom. The molecule has 2 heterocycles. The molecule has 0 aromatic heterocycles. The number of nitrogens with zero attached hydrogens (tertiary/aromatic N) is 3. The van der Waals surface area contributed by atoms with Crippen LogP contribution in [0.5, 0.6) is 0 Å². The number of ketones is 3. The van der Waals surface area contributed by atoms with Crippen LogP contribution in [0.2, 0.25) is 23.7 Å². The smallest absolute Gasteiger partial charge is 0.407 e. The summed E-state index contributed by atoms with van der Waals surface area (Å²) in [5.74, 6) is -7.24. The first-order valence-corrected chi connectivity index (χ1v) is 45.3. The van der Waals surface area contributed by atoms with Gasteiger partial charge in [0.1, 0.15) is 42.2 Å². The molecule has 0 bridgehead atoms. The highest BCUT2D eigenvalue weighted by Crippen LogP contribution is 2.48. The SMILES string of the molecule is C/C=C(\C)[C@H]1OC(=O)[C@@H](C)NC(=O)[C@H]([C@H](C)CC)NC(=O)CN(C)C(=O)[C@@H](Cc2ccccc2)N(C)C(=O)[C@H](C)NC(=O)[C@@H](CC(C)C)OC(=O)/C(C)=C/C[C@H](OC(=O)NCCCCCCOCCOCCCCC(=O)CCc2ccc(CCN[C@H](C(=O)C(=O)CCCCCN3C(=O)CC([Si](C)(C)C(C)(C)C)C3=O)C(C)C)cc2)[C@@H]1C.